The van der Waals surface area contributed by atoms with Gasteiger partial charge >= 0.3 is 0 Å². The molecule has 1 amide bonds. The average molecular weight is 599 g/mol. The van der Waals surface area contributed by atoms with E-state index < -0.39 is 0 Å². The summed E-state index contributed by atoms with van der Waals surface area (Å²) in [6, 6.07) is 32.6. The van der Waals surface area contributed by atoms with Gasteiger partial charge in [-0.15, -0.1) is 11.8 Å². The van der Waals surface area contributed by atoms with Crippen LogP contribution in [0.5, 0.6) is 0 Å². The van der Waals surface area contributed by atoms with E-state index in [9.17, 15) is 9.18 Å². The molecule has 0 saturated heterocycles. The van der Waals surface area contributed by atoms with Crippen molar-refractivity contribution in [2.75, 3.05) is 5.75 Å². The van der Waals surface area contributed by atoms with Crippen LogP contribution in [0.1, 0.15) is 29.2 Å². The molecule has 0 saturated carbocycles. The molecule has 0 aliphatic carbocycles. The lowest BCUT2D eigenvalue weighted by Crippen LogP contribution is -2.28. The third kappa shape index (κ3) is 5.56. The SMILES string of the molecule is O=C(CSc1cn(Cc2ccccc2)c2ccccc12)N1N=C(c2ccc(Br)cc2)C[C@H]1c1ccc(F)cc1. The quantitative estimate of drug-likeness (QED) is 0.178. The zero-order valence-electron chi connectivity index (χ0n) is 21.0. The molecular formula is C32H25BrFN3OS. The first kappa shape index (κ1) is 25.6. The topological polar surface area (TPSA) is 37.6 Å². The average Bonchev–Trinajstić information content (AvgIpc) is 3.56. The minimum atomic E-state index is -0.300. The zero-order chi connectivity index (χ0) is 26.8. The number of hydrogen-bond donors (Lipinski definition) is 0. The van der Waals surface area contributed by atoms with Crippen molar-refractivity contribution < 1.29 is 9.18 Å². The highest BCUT2D eigenvalue weighted by molar-refractivity contribution is 9.10. The Kier molecular flexibility index (Phi) is 7.35. The van der Waals surface area contributed by atoms with Gasteiger partial charge in [0.1, 0.15) is 5.82 Å². The summed E-state index contributed by atoms with van der Waals surface area (Å²) in [5.74, 6) is -0.138. The molecule has 0 fully saturated rings. The second-order valence-electron chi connectivity index (χ2n) is 9.48. The third-order valence-electron chi connectivity index (χ3n) is 6.90. The molecule has 0 bridgehead atoms. The van der Waals surface area contributed by atoms with E-state index in [1.807, 2.05) is 54.6 Å². The fourth-order valence-corrected chi connectivity index (χ4v) is 6.15. The summed E-state index contributed by atoms with van der Waals surface area (Å²) in [6.45, 7) is 0.759. The van der Waals surface area contributed by atoms with Gasteiger partial charge in [0.15, 0.2) is 0 Å². The van der Waals surface area contributed by atoms with Crippen LogP contribution in [-0.4, -0.2) is 26.9 Å². The first-order valence-corrected chi connectivity index (χ1v) is 14.5. The summed E-state index contributed by atoms with van der Waals surface area (Å²) in [7, 11) is 0. The van der Waals surface area contributed by atoms with Crippen molar-refractivity contribution in [2.24, 2.45) is 5.10 Å². The molecule has 5 aromatic rings. The van der Waals surface area contributed by atoms with Crippen molar-refractivity contribution >= 4 is 50.2 Å². The highest BCUT2D eigenvalue weighted by atomic mass is 79.9. The maximum atomic E-state index is 13.7. The van der Waals surface area contributed by atoms with Gasteiger partial charge in [-0.3, -0.25) is 4.79 Å². The lowest BCUT2D eigenvalue weighted by atomic mass is 9.98. The van der Waals surface area contributed by atoms with Crippen LogP contribution in [0.15, 0.2) is 124 Å². The van der Waals surface area contributed by atoms with Gasteiger partial charge in [0.2, 0.25) is 0 Å². The number of thioether (sulfide) groups is 1. The second-order valence-corrected chi connectivity index (χ2v) is 11.4. The molecule has 1 aliphatic heterocycles. The minimum Gasteiger partial charge on any atom is -0.342 e. The predicted molar refractivity (Wildman–Crippen MR) is 159 cm³/mol. The third-order valence-corrected chi connectivity index (χ3v) is 8.45. The molecular weight excluding hydrogens is 573 g/mol. The molecule has 0 spiro atoms. The van der Waals surface area contributed by atoms with Crippen molar-refractivity contribution in [1.29, 1.82) is 0 Å². The van der Waals surface area contributed by atoms with E-state index in [2.05, 4.69) is 51.0 Å². The number of carbonyl (C=O) groups excluding carboxylic acids is 1. The number of fused-ring (bicyclic) bond motifs is 1. The van der Waals surface area contributed by atoms with Crippen LogP contribution >= 0.6 is 27.7 Å². The molecule has 194 valence electrons. The summed E-state index contributed by atoms with van der Waals surface area (Å²) in [6.07, 6.45) is 2.70. The monoisotopic (exact) mass is 597 g/mol. The van der Waals surface area contributed by atoms with Crippen LogP contribution in [0.2, 0.25) is 0 Å². The van der Waals surface area contributed by atoms with Crippen LogP contribution in [-0.2, 0) is 11.3 Å². The molecule has 0 radical (unpaired) electrons. The lowest BCUT2D eigenvalue weighted by molar-refractivity contribution is -0.130. The Balaban J connectivity index is 1.26. The van der Waals surface area contributed by atoms with Gasteiger partial charge in [0.05, 0.1) is 17.5 Å². The maximum absolute atomic E-state index is 13.7. The van der Waals surface area contributed by atoms with E-state index in [1.165, 1.54) is 29.5 Å². The molecule has 1 aromatic heterocycles. The highest BCUT2D eigenvalue weighted by Gasteiger charge is 2.33. The van der Waals surface area contributed by atoms with Crippen LogP contribution in [0.3, 0.4) is 0 Å². The Morgan fingerprint density at radius 1 is 0.923 bits per heavy atom. The summed E-state index contributed by atoms with van der Waals surface area (Å²) in [5, 5.41) is 7.49. The van der Waals surface area contributed by atoms with Crippen LogP contribution in [0, 0.1) is 5.82 Å². The first-order chi connectivity index (χ1) is 19.0. The standard InChI is InChI=1S/C32H25BrFN3OS/c33-25-14-10-23(11-15-25)28-18-30(24-12-16-26(34)17-13-24)37(35-28)32(38)21-39-31-20-36(19-22-6-2-1-3-7-22)29-9-5-4-8-27(29)31/h1-17,20,30H,18-19,21H2/t30-/m0/s1. The molecule has 2 heterocycles. The Bertz CT molecular complexity index is 1650. The van der Waals surface area contributed by atoms with Gasteiger partial charge in [-0.1, -0.05) is 88.7 Å². The minimum absolute atomic E-state index is 0.0821. The fraction of sp³-hybridized carbons (Fsp3) is 0.125. The summed E-state index contributed by atoms with van der Waals surface area (Å²) in [5.41, 5.74) is 5.04. The van der Waals surface area contributed by atoms with Crippen molar-refractivity contribution in [3.8, 4) is 0 Å². The Morgan fingerprint density at radius 2 is 1.64 bits per heavy atom. The van der Waals surface area contributed by atoms with Crippen LogP contribution < -0.4 is 0 Å². The van der Waals surface area contributed by atoms with Crippen molar-refractivity contribution in [3.63, 3.8) is 0 Å². The Morgan fingerprint density at radius 3 is 2.41 bits per heavy atom. The molecule has 39 heavy (non-hydrogen) atoms. The number of hydrogen-bond acceptors (Lipinski definition) is 3. The predicted octanol–water partition coefficient (Wildman–Crippen LogP) is 8.06. The first-order valence-electron chi connectivity index (χ1n) is 12.7. The van der Waals surface area contributed by atoms with E-state index in [-0.39, 0.29) is 23.5 Å². The number of benzene rings is 4. The zero-order valence-corrected chi connectivity index (χ0v) is 23.4. The van der Waals surface area contributed by atoms with Crippen molar-refractivity contribution in [1.82, 2.24) is 9.58 Å². The number of halogens is 2. The van der Waals surface area contributed by atoms with E-state index in [4.69, 9.17) is 5.10 Å². The highest BCUT2D eigenvalue weighted by Crippen LogP contribution is 2.36. The molecule has 1 atom stereocenters. The van der Waals surface area contributed by atoms with Gasteiger partial charge < -0.3 is 4.57 Å². The van der Waals surface area contributed by atoms with E-state index in [1.54, 1.807) is 17.1 Å². The summed E-state index contributed by atoms with van der Waals surface area (Å²) >= 11 is 5.01. The van der Waals surface area contributed by atoms with Crippen molar-refractivity contribution in [3.05, 3.63) is 136 Å². The van der Waals surface area contributed by atoms with Gasteiger partial charge in [0, 0.05) is 39.4 Å². The van der Waals surface area contributed by atoms with Gasteiger partial charge in [-0.05, 0) is 47.0 Å². The molecule has 1 aliphatic rings. The van der Waals surface area contributed by atoms with E-state index in [0.717, 1.165) is 43.7 Å². The fourth-order valence-electron chi connectivity index (χ4n) is 4.95. The lowest BCUT2D eigenvalue weighted by Gasteiger charge is -2.22. The number of amides is 1. The molecule has 0 N–H and O–H groups in total. The summed E-state index contributed by atoms with van der Waals surface area (Å²) < 4.78 is 16.9. The van der Waals surface area contributed by atoms with Gasteiger partial charge in [-0.2, -0.15) is 5.10 Å². The van der Waals surface area contributed by atoms with Gasteiger partial charge in [-0.25, -0.2) is 9.40 Å². The number of para-hydroxylation sites is 1. The smallest absolute Gasteiger partial charge is 0.253 e. The number of aromatic nitrogens is 1. The second kappa shape index (κ2) is 11.2. The van der Waals surface area contributed by atoms with Crippen LogP contribution in [0.25, 0.3) is 10.9 Å². The molecule has 0 unspecified atom stereocenters. The number of nitrogens with zero attached hydrogens (tertiary/aromatic N) is 3. The number of rotatable bonds is 7. The molecule has 7 heteroatoms. The largest absolute Gasteiger partial charge is 0.342 e. The Hall–Kier alpha value is -3.68. The maximum Gasteiger partial charge on any atom is 0.253 e. The van der Waals surface area contributed by atoms with Crippen LogP contribution in [0.4, 0.5) is 4.39 Å². The number of hydrazone groups is 1. The van der Waals surface area contributed by atoms with E-state index in [0.29, 0.717) is 6.42 Å². The summed E-state index contributed by atoms with van der Waals surface area (Å²) in [4.78, 5) is 14.7. The van der Waals surface area contributed by atoms with Crippen molar-refractivity contribution in [2.45, 2.75) is 23.9 Å². The Labute approximate surface area is 239 Å². The molecule has 6 rings (SSSR count). The molecule has 4 nitrogen and oxygen atoms in total. The van der Waals surface area contributed by atoms with Gasteiger partial charge in [0.25, 0.3) is 5.91 Å². The normalized spacial score (nSPS) is 15.1. The van der Waals surface area contributed by atoms with E-state index >= 15 is 0 Å². The number of carbonyl (C=O) groups is 1. The molecule has 4 aromatic carbocycles.